The number of nitrogens with one attached hydrogen (secondary N) is 2. The predicted octanol–water partition coefficient (Wildman–Crippen LogP) is 4.51. The van der Waals surface area contributed by atoms with Gasteiger partial charge < -0.3 is 39.0 Å². The summed E-state index contributed by atoms with van der Waals surface area (Å²) in [5.74, 6) is -3.82. The minimum atomic E-state index is -2.29. The van der Waals surface area contributed by atoms with Crippen molar-refractivity contribution in [2.24, 2.45) is 11.3 Å². The molecule has 3 saturated heterocycles. The van der Waals surface area contributed by atoms with Crippen molar-refractivity contribution in [3.8, 4) is 22.5 Å². The zero-order valence-corrected chi connectivity index (χ0v) is 41.8. The van der Waals surface area contributed by atoms with E-state index in [1.807, 2.05) is 51.1 Å². The maximum absolute atomic E-state index is 14.8. The first-order chi connectivity index (χ1) is 33.7. The Bertz CT molecular complexity index is 2770. The molecule has 3 N–H and O–H groups in total. The average molecular weight is 976 g/mol. The van der Waals surface area contributed by atoms with Crippen LogP contribution in [0, 0.1) is 11.3 Å². The molecule has 3 aromatic heterocycles. The van der Waals surface area contributed by atoms with Crippen LogP contribution in [0.3, 0.4) is 0 Å². The summed E-state index contributed by atoms with van der Waals surface area (Å²) in [5.41, 5.74) is 4.87. The molecule has 7 heterocycles. The molecule has 1 spiro atoms. The van der Waals surface area contributed by atoms with E-state index in [0.717, 1.165) is 59.9 Å². The first kappa shape index (κ1) is 50.8. The predicted molar refractivity (Wildman–Crippen MR) is 261 cm³/mol. The van der Waals surface area contributed by atoms with Gasteiger partial charge in [-0.25, -0.2) is 14.5 Å². The van der Waals surface area contributed by atoms with Crippen LogP contribution in [0.25, 0.3) is 33.4 Å². The number of hydrogen-bond donors (Lipinski definition) is 3. The standard InChI is InChI=1S/C52H65N9O10/c1-10-41(62)58-24-21-51(28-58)47(65)60(30-71-51)49(67)57(8)43(31(3)4)45(63)55-39-26-34-15-12-17-38(54-34)33-18-19-40-36(25-33)37(44(59(40)11-2)35-16-13-22-53-42(35)32(5)69-9)27-50(6,7)29-70-48(66)52(68)20-14-23-61(56-52)46(39)64/h10,12-13,15-19,22,25,31-32,39,43,56,68H,1,11,14,20-21,23-24,26-30H2,2-9H3,(H,55,63)/t32-,39-,43-,51+,52-/m0/s1. The molecule has 4 aliphatic heterocycles. The number of hydrazine groups is 1. The number of amides is 6. The lowest BCUT2D eigenvalue weighted by Crippen LogP contribution is -2.67. The molecule has 6 bridgehead atoms. The van der Waals surface area contributed by atoms with E-state index in [4.69, 9.17) is 24.2 Å². The first-order valence-corrected chi connectivity index (χ1v) is 24.3. The fourth-order valence-electron chi connectivity index (χ4n) is 10.4. The number of methoxy groups -OCH3 is 1. The smallest absolute Gasteiger partial charge is 0.355 e. The van der Waals surface area contributed by atoms with Crippen molar-refractivity contribution in [3.63, 3.8) is 0 Å². The molecule has 19 nitrogen and oxygen atoms in total. The van der Waals surface area contributed by atoms with E-state index in [1.54, 1.807) is 33.2 Å². The number of imide groups is 1. The van der Waals surface area contributed by atoms with Gasteiger partial charge >= 0.3 is 12.0 Å². The van der Waals surface area contributed by atoms with Crippen molar-refractivity contribution in [1.82, 2.24) is 45.0 Å². The number of cyclic esters (lactones) is 1. The van der Waals surface area contributed by atoms with Gasteiger partial charge in [0.25, 0.3) is 11.8 Å². The Morgan fingerprint density at radius 1 is 1.08 bits per heavy atom. The summed E-state index contributed by atoms with van der Waals surface area (Å²) in [6.07, 6.45) is 3.28. The first-order valence-electron chi connectivity index (χ1n) is 24.3. The van der Waals surface area contributed by atoms with Gasteiger partial charge in [-0.1, -0.05) is 46.4 Å². The van der Waals surface area contributed by atoms with E-state index in [-0.39, 0.29) is 70.7 Å². The van der Waals surface area contributed by atoms with E-state index in [2.05, 4.69) is 40.9 Å². The van der Waals surface area contributed by atoms with Gasteiger partial charge in [-0.15, -0.1) is 0 Å². The number of likely N-dealkylation sites (N-methyl/N-ethyl adjacent to an activating group) is 1. The van der Waals surface area contributed by atoms with E-state index < -0.39 is 64.5 Å². The van der Waals surface area contributed by atoms with E-state index >= 15 is 0 Å². The minimum Gasteiger partial charge on any atom is -0.462 e. The third kappa shape index (κ3) is 9.67. The van der Waals surface area contributed by atoms with Crippen molar-refractivity contribution < 1.29 is 48.1 Å². The number of esters is 1. The number of carbonyl (C=O) groups is 6. The number of rotatable bonds is 9. The van der Waals surface area contributed by atoms with Gasteiger partial charge in [-0.3, -0.25) is 34.2 Å². The van der Waals surface area contributed by atoms with E-state index in [0.29, 0.717) is 24.4 Å². The Labute approximate surface area is 413 Å². The van der Waals surface area contributed by atoms with E-state index in [9.17, 15) is 33.9 Å². The topological polar surface area (TPSA) is 218 Å². The van der Waals surface area contributed by atoms with Crippen molar-refractivity contribution in [1.29, 1.82) is 0 Å². The summed E-state index contributed by atoms with van der Waals surface area (Å²) >= 11 is 0. The number of fused-ring (bicyclic) bond motifs is 6. The Morgan fingerprint density at radius 3 is 2.58 bits per heavy atom. The number of carbonyl (C=O) groups excluding carboxylic acids is 6. The number of benzene rings is 1. The van der Waals surface area contributed by atoms with Gasteiger partial charge in [0.05, 0.1) is 36.3 Å². The number of aryl methyl sites for hydroxylation is 1. The quantitative estimate of drug-likeness (QED) is 0.156. The van der Waals surface area contributed by atoms with Crippen molar-refractivity contribution in [2.75, 3.05) is 47.1 Å². The van der Waals surface area contributed by atoms with Gasteiger partial charge in [0, 0.05) is 92.4 Å². The zero-order chi connectivity index (χ0) is 51.2. The Morgan fingerprint density at radius 2 is 1.86 bits per heavy atom. The molecule has 0 saturated carbocycles. The molecular formula is C52H65N9O10. The lowest BCUT2D eigenvalue weighted by molar-refractivity contribution is -0.189. The number of urea groups is 1. The normalized spacial score (nSPS) is 23.4. The third-order valence-electron chi connectivity index (χ3n) is 14.2. The number of hydrogen-bond acceptors (Lipinski definition) is 13. The highest BCUT2D eigenvalue weighted by Gasteiger charge is 2.56. The van der Waals surface area contributed by atoms with Crippen LogP contribution < -0.4 is 10.7 Å². The second-order valence-corrected chi connectivity index (χ2v) is 20.2. The van der Waals surface area contributed by atoms with E-state index in [1.165, 1.54) is 11.9 Å². The van der Waals surface area contributed by atoms with Crippen LogP contribution >= 0.6 is 0 Å². The van der Waals surface area contributed by atoms with Crippen LogP contribution in [0.15, 0.2) is 67.4 Å². The molecular weight excluding hydrogens is 911 g/mol. The molecule has 8 rings (SSSR count). The Hall–Kier alpha value is -6.54. The number of likely N-dealkylation sites (tertiary alicyclic amines) is 1. The Balaban J connectivity index is 1.16. The molecule has 5 atom stereocenters. The van der Waals surface area contributed by atoms with Crippen LogP contribution in [0.4, 0.5) is 4.79 Å². The van der Waals surface area contributed by atoms with Crippen molar-refractivity contribution >= 4 is 46.5 Å². The molecule has 71 heavy (non-hydrogen) atoms. The third-order valence-corrected chi connectivity index (χ3v) is 14.2. The summed E-state index contributed by atoms with van der Waals surface area (Å²) in [7, 11) is 3.05. The fraction of sp³-hybridized carbons (Fsp3) is 0.500. The number of aliphatic hydroxyl groups is 1. The lowest BCUT2D eigenvalue weighted by atomic mass is 9.84. The highest BCUT2D eigenvalue weighted by atomic mass is 16.6. The van der Waals surface area contributed by atoms with Crippen LogP contribution in [0.5, 0.6) is 0 Å². The monoisotopic (exact) mass is 975 g/mol. The maximum Gasteiger partial charge on any atom is 0.355 e. The molecule has 4 aromatic rings. The molecule has 1 aromatic carbocycles. The van der Waals surface area contributed by atoms with Crippen LogP contribution in [0.2, 0.25) is 0 Å². The molecule has 19 heteroatoms. The largest absolute Gasteiger partial charge is 0.462 e. The molecule has 0 radical (unpaired) electrons. The number of pyridine rings is 2. The van der Waals surface area contributed by atoms with Gasteiger partial charge in [0.1, 0.15) is 18.8 Å². The lowest BCUT2D eigenvalue weighted by Gasteiger charge is -2.40. The van der Waals surface area contributed by atoms with Crippen LogP contribution in [-0.4, -0.2) is 146 Å². The Kier molecular flexibility index (Phi) is 14.3. The van der Waals surface area contributed by atoms with Crippen LogP contribution in [0.1, 0.15) is 83.9 Å². The highest BCUT2D eigenvalue weighted by molar-refractivity contribution is 6.02. The molecule has 0 unspecified atom stereocenters. The van der Waals surface area contributed by atoms with Gasteiger partial charge in [0.15, 0.2) is 5.60 Å². The second kappa shape index (κ2) is 19.9. The van der Waals surface area contributed by atoms with Crippen molar-refractivity contribution in [2.45, 2.75) is 110 Å². The SMILES string of the molecule is C=CC(=O)N1CC[C@]2(C1)OCN(C(=O)N(C)[C@H](C(=O)N[C@H]1Cc3cccc(n3)-c3ccc4c(c3)c(c(-c3cccnc3[C@H](C)OC)n4CC)CC(C)(C)COC(=O)[C@@]3(O)CCCN(N3)C1=O)C(C)C)C2=O. The average Bonchev–Trinajstić information content (AvgIpc) is 4.03. The summed E-state index contributed by atoms with van der Waals surface area (Å²) in [5, 5.41) is 16.9. The number of ether oxygens (including phenoxy) is 3. The van der Waals surface area contributed by atoms with Gasteiger partial charge in [-0.05, 0) is 80.6 Å². The van der Waals surface area contributed by atoms with Gasteiger partial charge in [-0.2, -0.15) is 5.43 Å². The zero-order valence-electron chi connectivity index (χ0n) is 41.8. The molecule has 4 aliphatic rings. The number of aromatic nitrogens is 3. The molecule has 6 amide bonds. The second-order valence-electron chi connectivity index (χ2n) is 20.2. The number of nitrogens with zero attached hydrogens (tertiary/aromatic N) is 7. The minimum absolute atomic E-state index is 0.0444. The molecule has 0 aliphatic carbocycles. The fourth-order valence-corrected chi connectivity index (χ4v) is 10.4. The summed E-state index contributed by atoms with van der Waals surface area (Å²) in [6, 6.07) is 12.3. The van der Waals surface area contributed by atoms with Crippen LogP contribution in [-0.2, 0) is 57.6 Å². The summed E-state index contributed by atoms with van der Waals surface area (Å²) in [6.45, 7) is 15.5. The maximum atomic E-state index is 14.8. The van der Waals surface area contributed by atoms with Crippen molar-refractivity contribution in [3.05, 3.63) is 84.3 Å². The summed E-state index contributed by atoms with van der Waals surface area (Å²) in [4.78, 5) is 97.1. The summed E-state index contributed by atoms with van der Waals surface area (Å²) < 4.78 is 19.9. The molecule has 378 valence electrons. The molecule has 3 fully saturated rings. The van der Waals surface area contributed by atoms with Gasteiger partial charge in [0.2, 0.25) is 17.5 Å². The highest BCUT2D eigenvalue weighted by Crippen LogP contribution is 2.42.